The minimum absolute atomic E-state index is 0.0370. The lowest BCUT2D eigenvalue weighted by atomic mass is 10.1. The number of carbonyl (C=O) groups is 1. The van der Waals surface area contributed by atoms with Gasteiger partial charge in [0.15, 0.2) is 0 Å². The Morgan fingerprint density at radius 1 is 1.05 bits per heavy atom. The van der Waals surface area contributed by atoms with Crippen molar-refractivity contribution in [3.8, 4) is 0 Å². The first kappa shape index (κ1) is 16.9. The summed E-state index contributed by atoms with van der Waals surface area (Å²) in [5.74, 6) is -0.0370. The lowest BCUT2D eigenvalue weighted by molar-refractivity contribution is 0.0695. The molecule has 122 valence electrons. The Balaban J connectivity index is 2.05. The van der Waals surface area contributed by atoms with Gasteiger partial charge in [-0.1, -0.05) is 6.07 Å². The summed E-state index contributed by atoms with van der Waals surface area (Å²) in [6.45, 7) is 5.48. The van der Waals surface area contributed by atoms with Crippen LogP contribution in [0.25, 0.3) is 0 Å². The number of piperazine rings is 1. The zero-order valence-corrected chi connectivity index (χ0v) is 14.4. The predicted octanol–water partition coefficient (Wildman–Crippen LogP) is 0.868. The van der Waals surface area contributed by atoms with Crippen molar-refractivity contribution in [2.24, 2.45) is 0 Å². The van der Waals surface area contributed by atoms with Crippen LogP contribution in [0.4, 0.5) is 0 Å². The van der Waals surface area contributed by atoms with E-state index in [0.717, 1.165) is 11.1 Å². The van der Waals surface area contributed by atoms with E-state index in [2.05, 4.69) is 0 Å². The summed E-state index contributed by atoms with van der Waals surface area (Å²) in [5.41, 5.74) is 2.89. The molecule has 1 saturated heterocycles. The van der Waals surface area contributed by atoms with E-state index < -0.39 is 10.2 Å². The molecule has 1 fully saturated rings. The van der Waals surface area contributed by atoms with Crippen molar-refractivity contribution < 1.29 is 13.2 Å². The molecule has 1 aromatic carbocycles. The lowest BCUT2D eigenvalue weighted by Crippen LogP contribution is -2.53. The molecule has 0 saturated carbocycles. The van der Waals surface area contributed by atoms with Gasteiger partial charge in [0.05, 0.1) is 0 Å². The number of aryl methyl sites for hydroxylation is 2. The molecule has 0 N–H and O–H groups in total. The third kappa shape index (κ3) is 3.31. The second-order valence-corrected chi connectivity index (χ2v) is 7.92. The number of carbonyl (C=O) groups excluding carboxylic acids is 1. The number of nitrogens with zero attached hydrogens (tertiary/aromatic N) is 3. The minimum atomic E-state index is -3.40. The average molecular weight is 325 g/mol. The van der Waals surface area contributed by atoms with Crippen LogP contribution in [0.5, 0.6) is 0 Å². The van der Waals surface area contributed by atoms with Crippen LogP contribution < -0.4 is 0 Å². The molecule has 0 unspecified atom stereocenters. The van der Waals surface area contributed by atoms with E-state index in [0.29, 0.717) is 31.7 Å². The largest absolute Gasteiger partial charge is 0.336 e. The second-order valence-electron chi connectivity index (χ2n) is 5.78. The van der Waals surface area contributed by atoms with Gasteiger partial charge in [-0.05, 0) is 37.1 Å². The molecule has 1 aromatic rings. The van der Waals surface area contributed by atoms with E-state index in [1.807, 2.05) is 32.0 Å². The van der Waals surface area contributed by atoms with Crippen molar-refractivity contribution in [1.29, 1.82) is 0 Å². The maximum absolute atomic E-state index is 12.5. The number of hydrogen-bond donors (Lipinski definition) is 0. The fourth-order valence-electron chi connectivity index (χ4n) is 2.41. The van der Waals surface area contributed by atoms with Gasteiger partial charge in [0.2, 0.25) is 0 Å². The highest BCUT2D eigenvalue weighted by Crippen LogP contribution is 2.15. The Morgan fingerprint density at radius 3 is 2.14 bits per heavy atom. The maximum Gasteiger partial charge on any atom is 0.281 e. The van der Waals surface area contributed by atoms with Gasteiger partial charge in [-0.2, -0.15) is 17.0 Å². The molecule has 0 bridgehead atoms. The van der Waals surface area contributed by atoms with E-state index in [4.69, 9.17) is 0 Å². The number of benzene rings is 1. The van der Waals surface area contributed by atoms with Crippen LogP contribution in [0.2, 0.25) is 0 Å². The third-order valence-corrected chi connectivity index (χ3v) is 6.01. The highest BCUT2D eigenvalue weighted by molar-refractivity contribution is 7.86. The molecule has 1 heterocycles. The average Bonchev–Trinajstić information content (AvgIpc) is 2.49. The van der Waals surface area contributed by atoms with Gasteiger partial charge in [0, 0.05) is 45.8 Å². The fourth-order valence-corrected chi connectivity index (χ4v) is 3.50. The summed E-state index contributed by atoms with van der Waals surface area (Å²) < 4.78 is 26.7. The summed E-state index contributed by atoms with van der Waals surface area (Å²) in [6, 6.07) is 5.66. The van der Waals surface area contributed by atoms with E-state index in [1.54, 1.807) is 4.90 Å². The highest BCUT2D eigenvalue weighted by atomic mass is 32.2. The fraction of sp³-hybridized carbons (Fsp3) is 0.533. The molecule has 22 heavy (non-hydrogen) atoms. The first-order valence-electron chi connectivity index (χ1n) is 7.27. The Bertz CT molecular complexity index is 663. The summed E-state index contributed by atoms with van der Waals surface area (Å²) >= 11 is 0. The Hall–Kier alpha value is -1.44. The zero-order valence-electron chi connectivity index (χ0n) is 13.5. The smallest absolute Gasteiger partial charge is 0.281 e. The predicted molar refractivity (Wildman–Crippen MR) is 86.0 cm³/mol. The van der Waals surface area contributed by atoms with Gasteiger partial charge in [-0.3, -0.25) is 4.79 Å². The first-order chi connectivity index (χ1) is 10.2. The Labute approximate surface area is 132 Å². The molecular weight excluding hydrogens is 302 g/mol. The summed E-state index contributed by atoms with van der Waals surface area (Å²) in [7, 11) is -0.366. The van der Waals surface area contributed by atoms with Crippen LogP contribution in [0.15, 0.2) is 18.2 Å². The van der Waals surface area contributed by atoms with Crippen LogP contribution in [0, 0.1) is 13.8 Å². The van der Waals surface area contributed by atoms with Crippen molar-refractivity contribution in [3.05, 3.63) is 34.9 Å². The van der Waals surface area contributed by atoms with E-state index in [1.165, 1.54) is 22.7 Å². The molecule has 0 aromatic heterocycles. The normalized spacial score (nSPS) is 17.0. The van der Waals surface area contributed by atoms with Crippen LogP contribution in [-0.4, -0.2) is 68.1 Å². The summed E-state index contributed by atoms with van der Waals surface area (Å²) in [6.07, 6.45) is 0. The maximum atomic E-state index is 12.5. The van der Waals surface area contributed by atoms with Gasteiger partial charge in [-0.15, -0.1) is 0 Å². The SMILES string of the molecule is Cc1ccc(C(=O)N2CCN(S(=O)(=O)N(C)C)CC2)cc1C. The van der Waals surface area contributed by atoms with E-state index >= 15 is 0 Å². The van der Waals surface area contributed by atoms with E-state index in [9.17, 15) is 13.2 Å². The standard InChI is InChI=1S/C15H23N3O3S/c1-12-5-6-14(11-13(12)2)15(19)17-7-9-18(10-8-17)22(20,21)16(3)4/h5-6,11H,7-10H2,1-4H3. The molecule has 2 rings (SSSR count). The van der Waals surface area contributed by atoms with Crippen molar-refractivity contribution >= 4 is 16.1 Å². The summed E-state index contributed by atoms with van der Waals surface area (Å²) in [4.78, 5) is 14.2. The Kier molecular flexibility index (Phi) is 4.89. The zero-order chi connectivity index (χ0) is 16.5. The van der Waals surface area contributed by atoms with Gasteiger partial charge >= 0.3 is 0 Å². The van der Waals surface area contributed by atoms with Crippen molar-refractivity contribution in [2.45, 2.75) is 13.8 Å². The van der Waals surface area contributed by atoms with Gasteiger partial charge in [-0.25, -0.2) is 0 Å². The van der Waals surface area contributed by atoms with Crippen LogP contribution in [0.1, 0.15) is 21.5 Å². The van der Waals surface area contributed by atoms with E-state index in [-0.39, 0.29) is 5.91 Å². The molecule has 0 radical (unpaired) electrons. The van der Waals surface area contributed by atoms with Crippen molar-refractivity contribution in [1.82, 2.24) is 13.5 Å². The molecule has 0 spiro atoms. The first-order valence-corrected chi connectivity index (χ1v) is 8.67. The van der Waals surface area contributed by atoms with Crippen LogP contribution >= 0.6 is 0 Å². The van der Waals surface area contributed by atoms with Crippen molar-refractivity contribution in [2.75, 3.05) is 40.3 Å². The number of amides is 1. The molecule has 1 aliphatic heterocycles. The van der Waals surface area contributed by atoms with Crippen molar-refractivity contribution in [3.63, 3.8) is 0 Å². The molecule has 0 aliphatic carbocycles. The molecule has 1 amide bonds. The molecule has 0 atom stereocenters. The molecule has 6 nitrogen and oxygen atoms in total. The van der Waals surface area contributed by atoms with Crippen LogP contribution in [0.3, 0.4) is 0 Å². The number of rotatable bonds is 3. The number of hydrogen-bond acceptors (Lipinski definition) is 3. The quantitative estimate of drug-likeness (QED) is 0.828. The highest BCUT2D eigenvalue weighted by Gasteiger charge is 2.30. The molecule has 1 aliphatic rings. The van der Waals surface area contributed by atoms with Gasteiger partial charge in [0.25, 0.3) is 16.1 Å². The molecular formula is C15H23N3O3S. The lowest BCUT2D eigenvalue weighted by Gasteiger charge is -2.35. The topological polar surface area (TPSA) is 60.9 Å². The third-order valence-electron chi connectivity index (χ3n) is 4.07. The Morgan fingerprint density at radius 2 is 1.64 bits per heavy atom. The minimum Gasteiger partial charge on any atom is -0.336 e. The van der Waals surface area contributed by atoms with Gasteiger partial charge in [0.1, 0.15) is 0 Å². The summed E-state index contributed by atoms with van der Waals surface area (Å²) in [5, 5.41) is 0. The monoisotopic (exact) mass is 325 g/mol. The molecule has 7 heteroatoms. The van der Waals surface area contributed by atoms with Gasteiger partial charge < -0.3 is 4.90 Å². The van der Waals surface area contributed by atoms with Crippen LogP contribution in [-0.2, 0) is 10.2 Å². The second kappa shape index (κ2) is 6.36.